The molecule has 2 aromatic carbocycles. The minimum atomic E-state index is -0.397. The van der Waals surface area contributed by atoms with Crippen molar-refractivity contribution >= 4 is 34.5 Å². The Bertz CT molecular complexity index is 1190. The summed E-state index contributed by atoms with van der Waals surface area (Å²) in [6.07, 6.45) is 2.73. The highest BCUT2D eigenvalue weighted by molar-refractivity contribution is 8.16. The van der Waals surface area contributed by atoms with Crippen molar-refractivity contribution < 1.29 is 19.1 Å². The molecule has 2 aliphatic heterocycles. The van der Waals surface area contributed by atoms with Gasteiger partial charge in [-0.05, 0) is 55.0 Å². The Morgan fingerprint density at radius 1 is 1.15 bits per heavy atom. The van der Waals surface area contributed by atoms with Crippen LogP contribution >= 0.6 is 11.8 Å². The number of amidine groups is 1. The fraction of sp³-hybridized carbons (Fsp3) is 0.269. The molecule has 1 amide bonds. The van der Waals surface area contributed by atoms with Crippen molar-refractivity contribution in [2.24, 2.45) is 4.99 Å². The van der Waals surface area contributed by atoms with Gasteiger partial charge in [-0.1, -0.05) is 49.0 Å². The zero-order valence-corrected chi connectivity index (χ0v) is 20.2. The molecule has 0 saturated heterocycles. The van der Waals surface area contributed by atoms with Gasteiger partial charge < -0.3 is 19.7 Å². The molecule has 0 aromatic heterocycles. The van der Waals surface area contributed by atoms with Gasteiger partial charge in [-0.2, -0.15) is 0 Å². The Hall–Kier alpha value is -3.52. The number of amides is 1. The average Bonchev–Trinajstić information content (AvgIpc) is 3.30. The van der Waals surface area contributed by atoms with Crippen LogP contribution in [-0.4, -0.2) is 35.2 Å². The fourth-order valence-electron chi connectivity index (χ4n) is 3.96. The van der Waals surface area contributed by atoms with Crippen molar-refractivity contribution in [3.8, 4) is 5.75 Å². The number of anilines is 1. The topological polar surface area (TPSA) is 80.2 Å². The number of hydrogen-bond acceptors (Lipinski definition) is 7. The minimum absolute atomic E-state index is 0.127. The number of carbonyl (C=O) groups is 2. The molecule has 0 spiro atoms. The number of fused-ring (bicyclic) bond motifs is 1. The second-order valence-electron chi connectivity index (χ2n) is 7.75. The Balaban J connectivity index is 1.53. The van der Waals surface area contributed by atoms with Crippen LogP contribution in [0.3, 0.4) is 0 Å². The Morgan fingerprint density at radius 3 is 2.76 bits per heavy atom. The molecule has 0 saturated carbocycles. The molecule has 0 radical (unpaired) electrons. The molecule has 1 atom stereocenters. The van der Waals surface area contributed by atoms with Gasteiger partial charge in [-0.15, -0.1) is 0 Å². The number of esters is 1. The van der Waals surface area contributed by atoms with Gasteiger partial charge in [0.1, 0.15) is 5.75 Å². The molecule has 2 heterocycles. The summed E-state index contributed by atoms with van der Waals surface area (Å²) in [7, 11) is 0. The molecule has 0 bridgehead atoms. The lowest BCUT2D eigenvalue weighted by Gasteiger charge is -2.33. The lowest BCUT2D eigenvalue weighted by molar-refractivity contribution is -0.139. The molecule has 0 aliphatic carbocycles. The number of nitrogens with one attached hydrogen (secondary N) is 1. The van der Waals surface area contributed by atoms with Gasteiger partial charge in [-0.3, -0.25) is 4.79 Å². The first-order chi connectivity index (χ1) is 16.5. The lowest BCUT2D eigenvalue weighted by Crippen LogP contribution is -2.34. The molecule has 1 N–H and O–H groups in total. The maximum Gasteiger partial charge on any atom is 0.338 e. The van der Waals surface area contributed by atoms with Crippen LogP contribution in [0.5, 0.6) is 5.75 Å². The highest BCUT2D eigenvalue weighted by Crippen LogP contribution is 2.41. The summed E-state index contributed by atoms with van der Waals surface area (Å²) in [5.41, 5.74) is 3.82. The summed E-state index contributed by atoms with van der Waals surface area (Å²) < 4.78 is 11.1. The number of aryl methyl sites for hydroxylation is 1. The van der Waals surface area contributed by atoms with E-state index in [0.29, 0.717) is 17.0 Å². The van der Waals surface area contributed by atoms with E-state index in [1.807, 2.05) is 72.8 Å². The quantitative estimate of drug-likeness (QED) is 0.537. The van der Waals surface area contributed by atoms with Gasteiger partial charge >= 0.3 is 5.97 Å². The average molecular weight is 478 g/mol. The van der Waals surface area contributed by atoms with E-state index >= 15 is 0 Å². The maximum absolute atomic E-state index is 12.8. The van der Waals surface area contributed by atoms with Crippen LogP contribution < -0.4 is 10.1 Å². The molecule has 8 heteroatoms. The molecule has 2 aliphatic rings. The predicted octanol–water partition coefficient (Wildman–Crippen LogP) is 5.03. The number of ether oxygens (including phenoxy) is 2. The fourth-order valence-corrected chi connectivity index (χ4v) is 4.75. The van der Waals surface area contributed by atoms with Gasteiger partial charge in [0.25, 0.3) is 5.91 Å². The van der Waals surface area contributed by atoms with Gasteiger partial charge in [0, 0.05) is 11.9 Å². The molecule has 2 aromatic rings. The van der Waals surface area contributed by atoms with Crippen molar-refractivity contribution in [1.82, 2.24) is 4.90 Å². The molecule has 7 nitrogen and oxygen atoms in total. The van der Waals surface area contributed by atoms with E-state index in [-0.39, 0.29) is 19.1 Å². The van der Waals surface area contributed by atoms with Crippen LogP contribution in [0.25, 0.3) is 0 Å². The summed E-state index contributed by atoms with van der Waals surface area (Å²) in [6.45, 7) is 5.80. The van der Waals surface area contributed by atoms with Crippen LogP contribution in [-0.2, 0) is 20.7 Å². The minimum Gasteiger partial charge on any atom is -0.484 e. The largest absolute Gasteiger partial charge is 0.484 e. The summed E-state index contributed by atoms with van der Waals surface area (Å²) in [4.78, 5) is 31.9. The second-order valence-corrected chi connectivity index (χ2v) is 8.62. The first kappa shape index (κ1) is 23.6. The number of nitrogens with zero attached hydrogens (tertiary/aromatic N) is 2. The number of rotatable bonds is 8. The molecule has 0 fully saturated rings. The van der Waals surface area contributed by atoms with E-state index in [4.69, 9.17) is 9.47 Å². The van der Waals surface area contributed by atoms with E-state index in [0.717, 1.165) is 28.4 Å². The molecule has 4 rings (SSSR count). The Kier molecular flexibility index (Phi) is 7.37. The molecular weight excluding hydrogens is 450 g/mol. The third-order valence-electron chi connectivity index (χ3n) is 5.53. The zero-order chi connectivity index (χ0) is 24.1. The van der Waals surface area contributed by atoms with E-state index < -0.39 is 12.0 Å². The third kappa shape index (κ3) is 5.02. The van der Waals surface area contributed by atoms with Crippen LogP contribution in [0.2, 0.25) is 0 Å². The molecule has 176 valence electrons. The van der Waals surface area contributed by atoms with Crippen molar-refractivity contribution in [1.29, 1.82) is 0 Å². The number of aliphatic imine (C=N–C) groups is 1. The summed E-state index contributed by atoms with van der Waals surface area (Å²) in [5, 5.41) is 5.65. The Morgan fingerprint density at radius 2 is 1.97 bits per heavy atom. The SMILES string of the molecule is CCOC(=O)C1=C(C)N=C2SC=CN2[C@H]1c1cccc(OCC(=O)Nc2ccccc2CC)c1. The highest BCUT2D eigenvalue weighted by Gasteiger charge is 2.37. The number of hydrogen-bond donors (Lipinski definition) is 1. The number of allylic oxidation sites excluding steroid dienone is 1. The number of carbonyl (C=O) groups excluding carboxylic acids is 2. The van der Waals surface area contributed by atoms with Crippen LogP contribution in [0, 0.1) is 0 Å². The van der Waals surface area contributed by atoms with E-state index in [1.54, 1.807) is 13.0 Å². The van der Waals surface area contributed by atoms with E-state index in [2.05, 4.69) is 10.3 Å². The summed E-state index contributed by atoms with van der Waals surface area (Å²) in [5.74, 6) is -0.0872. The molecule has 34 heavy (non-hydrogen) atoms. The second kappa shape index (κ2) is 10.6. The standard InChI is InChI=1S/C26H27N3O4S/c1-4-18-9-6-7-12-21(18)28-22(30)16-33-20-11-8-10-19(15-20)24-23(25(31)32-5-2)17(3)27-26-29(24)13-14-34-26/h6-15,24H,4-5,16H2,1-3H3,(H,28,30)/t24-/m0/s1. The van der Waals surface area contributed by atoms with Gasteiger partial charge in [0.15, 0.2) is 11.8 Å². The zero-order valence-electron chi connectivity index (χ0n) is 19.4. The third-order valence-corrected chi connectivity index (χ3v) is 6.30. The lowest BCUT2D eigenvalue weighted by atomic mass is 9.94. The predicted molar refractivity (Wildman–Crippen MR) is 134 cm³/mol. The van der Waals surface area contributed by atoms with Crippen LogP contribution in [0.1, 0.15) is 37.9 Å². The summed E-state index contributed by atoms with van der Waals surface area (Å²) >= 11 is 1.50. The molecular formula is C26H27N3O4S. The van der Waals surface area contributed by atoms with Crippen LogP contribution in [0.4, 0.5) is 5.69 Å². The number of para-hydroxylation sites is 1. The first-order valence-corrected chi connectivity index (χ1v) is 12.1. The summed E-state index contributed by atoms with van der Waals surface area (Å²) in [6, 6.07) is 14.7. The number of thioether (sulfide) groups is 1. The molecule has 0 unspecified atom stereocenters. The number of benzene rings is 2. The van der Waals surface area contributed by atoms with Crippen molar-refractivity contribution in [3.63, 3.8) is 0 Å². The van der Waals surface area contributed by atoms with E-state index in [1.165, 1.54) is 11.8 Å². The van der Waals surface area contributed by atoms with Crippen molar-refractivity contribution in [2.45, 2.75) is 33.2 Å². The smallest absolute Gasteiger partial charge is 0.338 e. The first-order valence-electron chi connectivity index (χ1n) is 11.2. The highest BCUT2D eigenvalue weighted by atomic mass is 32.2. The van der Waals surface area contributed by atoms with E-state index in [9.17, 15) is 9.59 Å². The Labute approximate surface area is 203 Å². The maximum atomic E-state index is 12.8. The van der Waals surface area contributed by atoms with Crippen molar-refractivity contribution in [2.75, 3.05) is 18.5 Å². The van der Waals surface area contributed by atoms with Gasteiger partial charge in [0.05, 0.1) is 23.9 Å². The van der Waals surface area contributed by atoms with Gasteiger partial charge in [-0.25, -0.2) is 9.79 Å². The normalized spacial score (nSPS) is 16.7. The van der Waals surface area contributed by atoms with Crippen molar-refractivity contribution in [3.05, 3.63) is 82.5 Å². The van der Waals surface area contributed by atoms with Gasteiger partial charge in [0.2, 0.25) is 0 Å². The van der Waals surface area contributed by atoms with Crippen LogP contribution in [0.15, 0.2) is 76.4 Å². The monoisotopic (exact) mass is 477 g/mol.